The number of ether oxygens (including phenoxy) is 1. The Kier molecular flexibility index (Phi) is 4.91. The molecule has 24 heavy (non-hydrogen) atoms. The number of hydrogen-bond acceptors (Lipinski definition) is 4. The lowest BCUT2D eigenvalue weighted by Crippen LogP contribution is -2.26. The van der Waals surface area contributed by atoms with Crippen LogP contribution in [0.5, 0.6) is 11.5 Å². The second kappa shape index (κ2) is 7.27. The van der Waals surface area contributed by atoms with Gasteiger partial charge in [-0.3, -0.25) is 4.79 Å². The lowest BCUT2D eigenvalue weighted by atomic mass is 10.2. The first-order valence-corrected chi connectivity index (χ1v) is 8.49. The zero-order valence-electron chi connectivity index (χ0n) is 13.6. The highest BCUT2D eigenvalue weighted by atomic mass is 32.1. The molecule has 3 rings (SSSR count). The van der Waals surface area contributed by atoms with E-state index >= 15 is 0 Å². The molecular formula is C19H18N2O2S. The van der Waals surface area contributed by atoms with Crippen molar-refractivity contribution in [1.82, 2.24) is 9.88 Å². The van der Waals surface area contributed by atoms with Crippen molar-refractivity contribution in [3.05, 3.63) is 76.2 Å². The van der Waals surface area contributed by atoms with Crippen molar-refractivity contribution < 1.29 is 9.53 Å². The van der Waals surface area contributed by atoms with Gasteiger partial charge in [-0.25, -0.2) is 4.98 Å². The first-order valence-electron chi connectivity index (χ1n) is 7.61. The Labute approximate surface area is 145 Å². The average Bonchev–Trinajstić information content (AvgIpc) is 3.03. The fourth-order valence-electron chi connectivity index (χ4n) is 2.31. The summed E-state index contributed by atoms with van der Waals surface area (Å²) < 4.78 is 5.77. The number of aromatic nitrogens is 1. The number of rotatable bonds is 5. The number of carbonyl (C=O) groups is 1. The van der Waals surface area contributed by atoms with Crippen LogP contribution in [0.15, 0.2) is 60.1 Å². The Bertz CT molecular complexity index is 813. The van der Waals surface area contributed by atoms with E-state index < -0.39 is 0 Å². The third-order valence-corrected chi connectivity index (χ3v) is 4.53. The van der Waals surface area contributed by atoms with E-state index in [2.05, 4.69) is 4.98 Å². The maximum absolute atomic E-state index is 12.4. The quantitative estimate of drug-likeness (QED) is 0.687. The smallest absolute Gasteiger partial charge is 0.265 e. The van der Waals surface area contributed by atoms with Gasteiger partial charge >= 0.3 is 0 Å². The second-order valence-electron chi connectivity index (χ2n) is 5.49. The predicted octanol–water partition coefficient (Wildman–Crippen LogP) is 4.52. The van der Waals surface area contributed by atoms with E-state index in [9.17, 15) is 4.79 Å². The standard InChI is InChI=1S/C19H18N2O2S/c1-14-18(24-13-20-14)19(22)21(2)12-15-8-10-17(11-9-15)23-16-6-4-3-5-7-16/h3-11,13H,12H2,1-2H3. The van der Waals surface area contributed by atoms with E-state index in [0.717, 1.165) is 22.8 Å². The number of para-hydroxylation sites is 1. The molecule has 1 amide bonds. The van der Waals surface area contributed by atoms with Gasteiger partial charge in [0.25, 0.3) is 5.91 Å². The van der Waals surface area contributed by atoms with Crippen molar-refractivity contribution >= 4 is 17.2 Å². The number of carbonyl (C=O) groups excluding carboxylic acids is 1. The molecule has 0 aliphatic heterocycles. The molecule has 0 saturated heterocycles. The molecule has 5 heteroatoms. The van der Waals surface area contributed by atoms with Crippen molar-refractivity contribution in [3.63, 3.8) is 0 Å². The first kappa shape index (κ1) is 16.2. The zero-order chi connectivity index (χ0) is 16.9. The van der Waals surface area contributed by atoms with Crippen molar-refractivity contribution in [2.75, 3.05) is 7.05 Å². The molecular weight excluding hydrogens is 320 g/mol. The van der Waals surface area contributed by atoms with Crippen LogP contribution in [0.1, 0.15) is 20.9 Å². The molecule has 0 aliphatic rings. The molecule has 1 aromatic heterocycles. The van der Waals surface area contributed by atoms with Gasteiger partial charge in [-0.2, -0.15) is 0 Å². The number of benzene rings is 2. The fourth-order valence-corrected chi connectivity index (χ4v) is 3.11. The summed E-state index contributed by atoms with van der Waals surface area (Å²) in [6.07, 6.45) is 0. The molecule has 0 atom stereocenters. The SMILES string of the molecule is Cc1ncsc1C(=O)N(C)Cc1ccc(Oc2ccccc2)cc1. The Morgan fingerprint density at radius 3 is 2.38 bits per heavy atom. The monoisotopic (exact) mass is 338 g/mol. The minimum atomic E-state index is -0.000359. The van der Waals surface area contributed by atoms with Crippen LogP contribution < -0.4 is 4.74 Å². The summed E-state index contributed by atoms with van der Waals surface area (Å²) in [4.78, 5) is 18.9. The topological polar surface area (TPSA) is 42.4 Å². The highest BCUT2D eigenvalue weighted by Gasteiger charge is 2.16. The number of hydrogen-bond donors (Lipinski definition) is 0. The molecule has 3 aromatic rings. The Morgan fingerprint density at radius 1 is 1.08 bits per heavy atom. The lowest BCUT2D eigenvalue weighted by molar-refractivity contribution is 0.0789. The summed E-state index contributed by atoms with van der Waals surface area (Å²) in [5.74, 6) is 1.58. The summed E-state index contributed by atoms with van der Waals surface area (Å²) in [6, 6.07) is 17.4. The molecule has 0 fully saturated rings. The third kappa shape index (κ3) is 3.81. The number of thiazole rings is 1. The van der Waals surface area contributed by atoms with E-state index in [1.807, 2.05) is 61.5 Å². The number of amides is 1. The molecule has 0 saturated carbocycles. The maximum atomic E-state index is 12.4. The number of nitrogens with zero attached hydrogens (tertiary/aromatic N) is 2. The summed E-state index contributed by atoms with van der Waals surface area (Å²) in [7, 11) is 1.80. The van der Waals surface area contributed by atoms with E-state index in [1.54, 1.807) is 17.5 Å². The molecule has 1 heterocycles. The van der Waals surface area contributed by atoms with Crippen LogP contribution in [0.3, 0.4) is 0 Å². The third-order valence-electron chi connectivity index (χ3n) is 3.61. The minimum absolute atomic E-state index is 0.000359. The van der Waals surface area contributed by atoms with Gasteiger partial charge in [0.05, 0.1) is 11.2 Å². The summed E-state index contributed by atoms with van der Waals surface area (Å²) in [5.41, 5.74) is 3.53. The molecule has 0 aliphatic carbocycles. The van der Waals surface area contributed by atoms with E-state index in [4.69, 9.17) is 4.74 Å². The van der Waals surface area contributed by atoms with Crippen molar-refractivity contribution in [3.8, 4) is 11.5 Å². The van der Waals surface area contributed by atoms with Crippen molar-refractivity contribution in [1.29, 1.82) is 0 Å². The van der Waals surface area contributed by atoms with Crippen molar-refractivity contribution in [2.24, 2.45) is 0 Å². The van der Waals surface area contributed by atoms with Gasteiger partial charge in [-0.15, -0.1) is 11.3 Å². The highest BCUT2D eigenvalue weighted by Crippen LogP contribution is 2.22. The normalized spacial score (nSPS) is 10.4. The van der Waals surface area contributed by atoms with Gasteiger partial charge in [0.15, 0.2) is 0 Å². The molecule has 0 spiro atoms. The first-order chi connectivity index (χ1) is 11.6. The van der Waals surface area contributed by atoms with E-state index in [0.29, 0.717) is 11.4 Å². The predicted molar refractivity (Wildman–Crippen MR) is 95.6 cm³/mol. The highest BCUT2D eigenvalue weighted by molar-refractivity contribution is 7.11. The lowest BCUT2D eigenvalue weighted by Gasteiger charge is -2.17. The van der Waals surface area contributed by atoms with Crippen LogP contribution >= 0.6 is 11.3 Å². The van der Waals surface area contributed by atoms with Crippen LogP contribution in [0.4, 0.5) is 0 Å². The van der Waals surface area contributed by atoms with Crippen LogP contribution in [0.25, 0.3) is 0 Å². The Hall–Kier alpha value is -2.66. The summed E-state index contributed by atoms with van der Waals surface area (Å²) in [6.45, 7) is 2.40. The largest absolute Gasteiger partial charge is 0.457 e. The van der Waals surface area contributed by atoms with Gasteiger partial charge in [0, 0.05) is 13.6 Å². The minimum Gasteiger partial charge on any atom is -0.457 e. The van der Waals surface area contributed by atoms with Gasteiger partial charge in [0.1, 0.15) is 16.4 Å². The molecule has 2 aromatic carbocycles. The summed E-state index contributed by atoms with van der Waals surface area (Å²) in [5, 5.41) is 0. The van der Waals surface area contributed by atoms with Gasteiger partial charge in [0.2, 0.25) is 0 Å². The molecule has 0 bridgehead atoms. The Morgan fingerprint density at radius 2 is 1.75 bits per heavy atom. The summed E-state index contributed by atoms with van der Waals surface area (Å²) >= 11 is 1.38. The van der Waals surface area contributed by atoms with E-state index in [1.165, 1.54) is 11.3 Å². The Balaban J connectivity index is 1.63. The van der Waals surface area contributed by atoms with Gasteiger partial charge in [-0.05, 0) is 36.8 Å². The number of aryl methyl sites for hydroxylation is 1. The van der Waals surface area contributed by atoms with Gasteiger partial charge in [-0.1, -0.05) is 30.3 Å². The molecule has 0 unspecified atom stereocenters. The molecule has 0 radical (unpaired) electrons. The van der Waals surface area contributed by atoms with Crippen LogP contribution in [0.2, 0.25) is 0 Å². The molecule has 4 nitrogen and oxygen atoms in total. The van der Waals surface area contributed by atoms with Crippen LogP contribution in [-0.2, 0) is 6.54 Å². The molecule has 0 N–H and O–H groups in total. The van der Waals surface area contributed by atoms with Crippen LogP contribution in [-0.4, -0.2) is 22.8 Å². The zero-order valence-corrected chi connectivity index (χ0v) is 14.4. The van der Waals surface area contributed by atoms with Gasteiger partial charge < -0.3 is 9.64 Å². The van der Waals surface area contributed by atoms with Crippen molar-refractivity contribution in [2.45, 2.75) is 13.5 Å². The second-order valence-corrected chi connectivity index (χ2v) is 6.34. The molecule has 122 valence electrons. The van der Waals surface area contributed by atoms with Crippen LogP contribution in [0, 0.1) is 6.92 Å². The fraction of sp³-hybridized carbons (Fsp3) is 0.158. The maximum Gasteiger partial charge on any atom is 0.265 e. The van der Waals surface area contributed by atoms with E-state index in [-0.39, 0.29) is 5.91 Å². The average molecular weight is 338 g/mol.